The van der Waals surface area contributed by atoms with Crippen LogP contribution in [0, 0.1) is 0 Å². The van der Waals surface area contributed by atoms with Crippen molar-refractivity contribution in [2.75, 3.05) is 24.3 Å². The Labute approximate surface area is 93.7 Å². The first-order valence-electron chi connectivity index (χ1n) is 4.72. The van der Waals surface area contributed by atoms with Gasteiger partial charge in [0.1, 0.15) is 5.69 Å². The maximum absolute atomic E-state index is 11.5. The standard InChI is InChI=1S/C10H15N3OS/c1-15-6-2-4-13-10(14)9-7-8(11)3-5-12-9/h3,5,7H,2,4,6H2,1H3,(H2,11,12)(H,13,14). The average Bonchev–Trinajstić information content (AvgIpc) is 2.24. The lowest BCUT2D eigenvalue weighted by Crippen LogP contribution is -2.25. The molecule has 15 heavy (non-hydrogen) atoms. The Morgan fingerprint density at radius 2 is 2.47 bits per heavy atom. The number of carbonyl (C=O) groups excluding carboxylic acids is 1. The molecular formula is C10H15N3OS. The fourth-order valence-corrected chi connectivity index (χ4v) is 1.51. The third-order valence-corrected chi connectivity index (χ3v) is 2.52. The Kier molecular flexibility index (Phi) is 4.97. The minimum Gasteiger partial charge on any atom is -0.399 e. The van der Waals surface area contributed by atoms with E-state index in [0.29, 0.717) is 17.9 Å². The predicted molar refractivity (Wildman–Crippen MR) is 64.0 cm³/mol. The number of carbonyl (C=O) groups is 1. The van der Waals surface area contributed by atoms with Gasteiger partial charge in [-0.2, -0.15) is 11.8 Å². The summed E-state index contributed by atoms with van der Waals surface area (Å²) in [5, 5.41) is 2.79. The van der Waals surface area contributed by atoms with Crippen molar-refractivity contribution in [3.8, 4) is 0 Å². The van der Waals surface area contributed by atoms with Gasteiger partial charge in [0.25, 0.3) is 5.91 Å². The first-order chi connectivity index (χ1) is 7.24. The van der Waals surface area contributed by atoms with Gasteiger partial charge in [-0.25, -0.2) is 0 Å². The van der Waals surface area contributed by atoms with E-state index in [9.17, 15) is 4.79 Å². The summed E-state index contributed by atoms with van der Waals surface area (Å²) >= 11 is 1.76. The van der Waals surface area contributed by atoms with Gasteiger partial charge in [-0.05, 0) is 30.6 Å². The van der Waals surface area contributed by atoms with E-state index in [0.717, 1.165) is 12.2 Å². The molecule has 0 radical (unpaired) electrons. The fraction of sp³-hybridized carbons (Fsp3) is 0.400. The van der Waals surface area contributed by atoms with Crippen molar-refractivity contribution in [1.82, 2.24) is 10.3 Å². The molecule has 1 amide bonds. The molecule has 0 saturated carbocycles. The minimum atomic E-state index is -0.164. The molecule has 0 aliphatic rings. The lowest BCUT2D eigenvalue weighted by Gasteiger charge is -2.04. The summed E-state index contributed by atoms with van der Waals surface area (Å²) in [6, 6.07) is 3.23. The molecule has 1 heterocycles. The van der Waals surface area contributed by atoms with Crippen molar-refractivity contribution in [2.45, 2.75) is 6.42 Å². The number of nitrogens with one attached hydrogen (secondary N) is 1. The summed E-state index contributed by atoms with van der Waals surface area (Å²) < 4.78 is 0. The maximum Gasteiger partial charge on any atom is 0.269 e. The number of pyridine rings is 1. The van der Waals surface area contributed by atoms with E-state index in [2.05, 4.69) is 10.3 Å². The lowest BCUT2D eigenvalue weighted by molar-refractivity contribution is 0.0949. The number of nitrogens with two attached hydrogens (primary N) is 1. The van der Waals surface area contributed by atoms with E-state index >= 15 is 0 Å². The van der Waals surface area contributed by atoms with Crippen molar-refractivity contribution in [2.24, 2.45) is 0 Å². The van der Waals surface area contributed by atoms with Crippen LogP contribution in [0.1, 0.15) is 16.9 Å². The Morgan fingerprint density at radius 1 is 1.67 bits per heavy atom. The van der Waals surface area contributed by atoms with E-state index in [-0.39, 0.29) is 5.91 Å². The Morgan fingerprint density at radius 3 is 3.13 bits per heavy atom. The molecule has 1 aromatic rings. The first-order valence-corrected chi connectivity index (χ1v) is 6.12. The van der Waals surface area contributed by atoms with Crippen molar-refractivity contribution in [1.29, 1.82) is 0 Å². The summed E-state index contributed by atoms with van der Waals surface area (Å²) in [6.45, 7) is 0.677. The van der Waals surface area contributed by atoms with Crippen LogP contribution in [0.25, 0.3) is 0 Å². The van der Waals surface area contributed by atoms with Gasteiger partial charge >= 0.3 is 0 Å². The Bertz CT molecular complexity index is 330. The molecule has 0 unspecified atom stereocenters. The SMILES string of the molecule is CSCCCNC(=O)c1cc(N)ccn1. The maximum atomic E-state index is 11.5. The van der Waals surface area contributed by atoms with Gasteiger partial charge in [0.2, 0.25) is 0 Å². The first kappa shape index (κ1) is 11.8. The van der Waals surface area contributed by atoms with E-state index in [4.69, 9.17) is 5.73 Å². The van der Waals surface area contributed by atoms with Crippen LogP contribution in [0.3, 0.4) is 0 Å². The number of aromatic nitrogens is 1. The molecule has 3 N–H and O–H groups in total. The van der Waals surface area contributed by atoms with E-state index < -0.39 is 0 Å². The third-order valence-electron chi connectivity index (χ3n) is 1.83. The van der Waals surface area contributed by atoms with Crippen LogP contribution in [0.15, 0.2) is 18.3 Å². The molecule has 0 aromatic carbocycles. The summed E-state index contributed by atoms with van der Waals surface area (Å²) in [7, 11) is 0. The van der Waals surface area contributed by atoms with Gasteiger partial charge in [0.15, 0.2) is 0 Å². The van der Waals surface area contributed by atoms with Gasteiger partial charge in [-0.15, -0.1) is 0 Å². The molecular weight excluding hydrogens is 210 g/mol. The number of anilines is 1. The second-order valence-electron chi connectivity index (χ2n) is 3.08. The molecule has 1 rings (SSSR count). The zero-order valence-electron chi connectivity index (χ0n) is 8.69. The van der Waals surface area contributed by atoms with Crippen LogP contribution in [-0.4, -0.2) is 29.4 Å². The van der Waals surface area contributed by atoms with Crippen LogP contribution in [0.4, 0.5) is 5.69 Å². The minimum absolute atomic E-state index is 0.164. The number of thioether (sulfide) groups is 1. The summed E-state index contributed by atoms with van der Waals surface area (Å²) in [6.07, 6.45) is 4.54. The number of hydrogen-bond donors (Lipinski definition) is 2. The van der Waals surface area contributed by atoms with Crippen LogP contribution < -0.4 is 11.1 Å². The topological polar surface area (TPSA) is 68.0 Å². The second-order valence-corrected chi connectivity index (χ2v) is 4.06. The highest BCUT2D eigenvalue weighted by Gasteiger charge is 2.05. The van der Waals surface area contributed by atoms with Crippen molar-refractivity contribution in [3.63, 3.8) is 0 Å². The largest absolute Gasteiger partial charge is 0.399 e. The molecule has 0 aliphatic carbocycles. The Balaban J connectivity index is 2.40. The van der Waals surface area contributed by atoms with Crippen LogP contribution >= 0.6 is 11.8 Å². The van der Waals surface area contributed by atoms with E-state index in [1.165, 1.54) is 6.20 Å². The van der Waals surface area contributed by atoms with Gasteiger partial charge in [0.05, 0.1) is 0 Å². The summed E-state index contributed by atoms with van der Waals surface area (Å²) in [4.78, 5) is 15.5. The monoisotopic (exact) mass is 225 g/mol. The van der Waals surface area contributed by atoms with Gasteiger partial charge in [0, 0.05) is 18.4 Å². The molecule has 0 atom stereocenters. The molecule has 5 heteroatoms. The molecule has 4 nitrogen and oxygen atoms in total. The lowest BCUT2D eigenvalue weighted by atomic mass is 10.3. The number of nitrogen functional groups attached to an aromatic ring is 1. The number of nitrogens with zero attached hydrogens (tertiary/aromatic N) is 1. The molecule has 0 bridgehead atoms. The molecule has 0 fully saturated rings. The fourth-order valence-electron chi connectivity index (χ4n) is 1.08. The molecule has 1 aromatic heterocycles. The second kappa shape index (κ2) is 6.29. The predicted octanol–water partition coefficient (Wildman–Crippen LogP) is 1.15. The highest BCUT2D eigenvalue weighted by atomic mass is 32.2. The zero-order chi connectivity index (χ0) is 11.1. The number of rotatable bonds is 5. The van der Waals surface area contributed by atoms with E-state index in [1.54, 1.807) is 23.9 Å². The smallest absolute Gasteiger partial charge is 0.269 e. The summed E-state index contributed by atoms with van der Waals surface area (Å²) in [5.74, 6) is 0.883. The highest BCUT2D eigenvalue weighted by molar-refractivity contribution is 7.98. The molecule has 82 valence electrons. The van der Waals surface area contributed by atoms with Gasteiger partial charge < -0.3 is 11.1 Å². The Hall–Kier alpha value is -1.23. The van der Waals surface area contributed by atoms with Gasteiger partial charge in [-0.1, -0.05) is 0 Å². The number of amides is 1. The van der Waals surface area contributed by atoms with Crippen LogP contribution in [0.2, 0.25) is 0 Å². The average molecular weight is 225 g/mol. The van der Waals surface area contributed by atoms with Crippen LogP contribution in [-0.2, 0) is 0 Å². The third kappa shape index (κ3) is 4.20. The van der Waals surface area contributed by atoms with Gasteiger partial charge in [-0.3, -0.25) is 9.78 Å². The summed E-state index contributed by atoms with van der Waals surface area (Å²) in [5.41, 5.74) is 6.48. The van der Waals surface area contributed by atoms with Crippen molar-refractivity contribution < 1.29 is 4.79 Å². The molecule has 0 saturated heterocycles. The quantitative estimate of drug-likeness (QED) is 0.738. The normalized spacial score (nSPS) is 9.93. The van der Waals surface area contributed by atoms with Crippen molar-refractivity contribution >= 4 is 23.4 Å². The highest BCUT2D eigenvalue weighted by Crippen LogP contribution is 2.02. The molecule has 0 spiro atoms. The zero-order valence-corrected chi connectivity index (χ0v) is 9.51. The van der Waals surface area contributed by atoms with Crippen molar-refractivity contribution in [3.05, 3.63) is 24.0 Å². The molecule has 0 aliphatic heterocycles. The number of hydrogen-bond acceptors (Lipinski definition) is 4. The van der Waals surface area contributed by atoms with E-state index in [1.807, 2.05) is 6.26 Å². The van der Waals surface area contributed by atoms with Crippen LogP contribution in [0.5, 0.6) is 0 Å².